The van der Waals surface area contributed by atoms with Crippen molar-refractivity contribution in [2.24, 2.45) is 0 Å². The number of aromatic nitrogens is 2. The Kier molecular flexibility index (Phi) is 4.29. The molecule has 13 heavy (non-hydrogen) atoms. The fraction of sp³-hybridized carbons (Fsp3) is 0.778. The van der Waals surface area contributed by atoms with Gasteiger partial charge in [-0.25, -0.2) is 0 Å². The summed E-state index contributed by atoms with van der Waals surface area (Å²) in [6.45, 7) is 4.37. The van der Waals surface area contributed by atoms with Crippen molar-refractivity contribution in [3.8, 4) is 0 Å². The lowest BCUT2D eigenvalue weighted by atomic mass is 10.1. The summed E-state index contributed by atoms with van der Waals surface area (Å²) in [4.78, 5) is 0. The lowest BCUT2D eigenvalue weighted by Crippen LogP contribution is -2.18. The van der Waals surface area contributed by atoms with Crippen molar-refractivity contribution in [1.29, 1.82) is 0 Å². The summed E-state index contributed by atoms with van der Waals surface area (Å²) in [5, 5.41) is 10.3. The molecule has 0 fully saturated rings. The molecule has 4 heteroatoms. The Labute approximate surface area is 78.7 Å². The molecule has 0 amide bonds. The van der Waals surface area contributed by atoms with Gasteiger partial charge in [0.05, 0.1) is 0 Å². The molecule has 1 aromatic heterocycles. The van der Waals surface area contributed by atoms with Crippen LogP contribution in [0.25, 0.3) is 0 Å². The van der Waals surface area contributed by atoms with Crippen LogP contribution in [0.5, 0.6) is 0 Å². The highest BCUT2D eigenvalue weighted by molar-refractivity contribution is 5.26. The SMILES string of the molecule is CCCC(CCC)Nc1cnno1. The van der Waals surface area contributed by atoms with Crippen LogP contribution in [0.2, 0.25) is 0 Å². The van der Waals surface area contributed by atoms with Gasteiger partial charge >= 0.3 is 0 Å². The second-order valence-corrected chi connectivity index (χ2v) is 3.20. The van der Waals surface area contributed by atoms with Gasteiger partial charge in [0.25, 0.3) is 0 Å². The minimum atomic E-state index is 0.491. The maximum atomic E-state index is 4.88. The van der Waals surface area contributed by atoms with Gasteiger partial charge in [0.2, 0.25) is 5.88 Å². The molecule has 0 aromatic carbocycles. The monoisotopic (exact) mass is 183 g/mol. The minimum Gasteiger partial charge on any atom is -0.350 e. The second kappa shape index (κ2) is 5.56. The van der Waals surface area contributed by atoms with E-state index in [0.29, 0.717) is 11.9 Å². The standard InChI is InChI=1S/C9H17N3O/c1-3-5-8(6-4-2)11-9-7-10-12-13-9/h7-8,11H,3-6H2,1-2H3. The van der Waals surface area contributed by atoms with Gasteiger partial charge in [-0.2, -0.15) is 0 Å². The van der Waals surface area contributed by atoms with Crippen LogP contribution in [-0.2, 0) is 0 Å². The van der Waals surface area contributed by atoms with E-state index in [-0.39, 0.29) is 0 Å². The van der Waals surface area contributed by atoms with Crippen LogP contribution in [0.3, 0.4) is 0 Å². The Morgan fingerprint density at radius 3 is 2.54 bits per heavy atom. The first-order valence-electron chi connectivity index (χ1n) is 4.90. The molecule has 0 saturated heterocycles. The average molecular weight is 183 g/mol. The van der Waals surface area contributed by atoms with E-state index in [1.54, 1.807) is 6.20 Å². The van der Waals surface area contributed by atoms with Crippen LogP contribution in [-0.4, -0.2) is 16.4 Å². The predicted octanol–water partition coefficient (Wildman–Crippen LogP) is 2.45. The van der Waals surface area contributed by atoms with Gasteiger partial charge in [-0.15, -0.1) is 5.10 Å². The topological polar surface area (TPSA) is 51.0 Å². The number of rotatable bonds is 6. The number of nitrogens with one attached hydrogen (secondary N) is 1. The third kappa shape index (κ3) is 3.44. The van der Waals surface area contributed by atoms with Gasteiger partial charge in [0.15, 0.2) is 0 Å². The molecule has 0 unspecified atom stereocenters. The van der Waals surface area contributed by atoms with Gasteiger partial charge in [-0.3, -0.25) is 0 Å². The highest BCUT2D eigenvalue weighted by atomic mass is 16.5. The van der Waals surface area contributed by atoms with E-state index < -0.39 is 0 Å². The minimum absolute atomic E-state index is 0.491. The fourth-order valence-electron chi connectivity index (χ4n) is 1.42. The second-order valence-electron chi connectivity index (χ2n) is 3.20. The van der Waals surface area contributed by atoms with E-state index in [4.69, 9.17) is 4.52 Å². The molecule has 0 spiro atoms. The Bertz CT molecular complexity index is 205. The van der Waals surface area contributed by atoms with Crippen LogP contribution < -0.4 is 5.32 Å². The number of hydrogen-bond acceptors (Lipinski definition) is 4. The van der Waals surface area contributed by atoms with E-state index in [1.807, 2.05) is 0 Å². The first kappa shape index (κ1) is 10.0. The largest absolute Gasteiger partial charge is 0.350 e. The van der Waals surface area contributed by atoms with Gasteiger partial charge in [0, 0.05) is 11.3 Å². The molecule has 74 valence electrons. The first-order valence-corrected chi connectivity index (χ1v) is 4.90. The summed E-state index contributed by atoms with van der Waals surface area (Å²) in [5.41, 5.74) is 0. The Hall–Kier alpha value is -1.06. The molecule has 0 aliphatic rings. The van der Waals surface area contributed by atoms with Crippen molar-refractivity contribution >= 4 is 5.88 Å². The summed E-state index contributed by atoms with van der Waals surface area (Å²) < 4.78 is 4.88. The van der Waals surface area contributed by atoms with Crippen molar-refractivity contribution in [2.75, 3.05) is 5.32 Å². The summed E-state index contributed by atoms with van der Waals surface area (Å²) in [6.07, 6.45) is 6.29. The summed E-state index contributed by atoms with van der Waals surface area (Å²) >= 11 is 0. The molecule has 1 N–H and O–H groups in total. The van der Waals surface area contributed by atoms with Crippen molar-refractivity contribution < 1.29 is 4.52 Å². The number of anilines is 1. The van der Waals surface area contributed by atoms with Crippen molar-refractivity contribution in [3.05, 3.63) is 6.20 Å². The Morgan fingerprint density at radius 2 is 2.08 bits per heavy atom. The van der Waals surface area contributed by atoms with Crippen LogP contribution in [0, 0.1) is 0 Å². The molecule has 0 aliphatic carbocycles. The van der Waals surface area contributed by atoms with E-state index in [9.17, 15) is 0 Å². The van der Waals surface area contributed by atoms with Crippen LogP contribution in [0.15, 0.2) is 10.7 Å². The number of hydrogen-bond donors (Lipinski definition) is 1. The normalized spacial score (nSPS) is 10.7. The summed E-state index contributed by atoms with van der Waals surface area (Å²) in [6, 6.07) is 0.491. The Balaban J connectivity index is 2.37. The molecule has 1 heterocycles. The van der Waals surface area contributed by atoms with Gasteiger partial charge in [-0.1, -0.05) is 26.7 Å². The lowest BCUT2D eigenvalue weighted by molar-refractivity contribution is 0.397. The first-order chi connectivity index (χ1) is 6.36. The zero-order valence-corrected chi connectivity index (χ0v) is 8.29. The zero-order valence-electron chi connectivity index (χ0n) is 8.29. The maximum absolute atomic E-state index is 4.88. The molecule has 0 bridgehead atoms. The van der Waals surface area contributed by atoms with Crippen molar-refractivity contribution in [1.82, 2.24) is 10.4 Å². The fourth-order valence-corrected chi connectivity index (χ4v) is 1.42. The van der Waals surface area contributed by atoms with E-state index >= 15 is 0 Å². The van der Waals surface area contributed by atoms with E-state index in [1.165, 1.54) is 12.8 Å². The predicted molar refractivity (Wildman–Crippen MR) is 51.5 cm³/mol. The molecular weight excluding hydrogens is 166 g/mol. The molecule has 0 saturated carbocycles. The molecule has 4 nitrogen and oxygen atoms in total. The third-order valence-electron chi connectivity index (χ3n) is 1.98. The van der Waals surface area contributed by atoms with Gasteiger partial charge < -0.3 is 9.84 Å². The number of nitrogens with zero attached hydrogens (tertiary/aromatic N) is 2. The smallest absolute Gasteiger partial charge is 0.245 e. The molecular formula is C9H17N3O. The van der Waals surface area contributed by atoms with Crippen LogP contribution in [0.4, 0.5) is 5.88 Å². The van der Waals surface area contributed by atoms with Crippen LogP contribution in [0.1, 0.15) is 39.5 Å². The molecule has 1 rings (SSSR count). The zero-order chi connectivity index (χ0) is 9.52. The highest BCUT2D eigenvalue weighted by Gasteiger charge is 2.08. The van der Waals surface area contributed by atoms with E-state index in [0.717, 1.165) is 12.8 Å². The van der Waals surface area contributed by atoms with E-state index in [2.05, 4.69) is 29.5 Å². The average Bonchev–Trinajstić information content (AvgIpc) is 2.58. The highest BCUT2D eigenvalue weighted by Crippen LogP contribution is 2.12. The summed E-state index contributed by atoms with van der Waals surface area (Å²) in [7, 11) is 0. The summed E-state index contributed by atoms with van der Waals surface area (Å²) in [5.74, 6) is 0.673. The van der Waals surface area contributed by atoms with Crippen molar-refractivity contribution in [3.63, 3.8) is 0 Å². The van der Waals surface area contributed by atoms with Gasteiger partial charge in [0.1, 0.15) is 6.20 Å². The molecule has 1 aromatic rings. The maximum Gasteiger partial charge on any atom is 0.245 e. The van der Waals surface area contributed by atoms with Crippen LogP contribution >= 0.6 is 0 Å². The Morgan fingerprint density at radius 1 is 1.38 bits per heavy atom. The quantitative estimate of drug-likeness (QED) is 0.736. The molecule has 0 atom stereocenters. The third-order valence-corrected chi connectivity index (χ3v) is 1.98. The van der Waals surface area contributed by atoms with Crippen molar-refractivity contribution in [2.45, 2.75) is 45.6 Å². The molecule has 0 radical (unpaired) electrons. The van der Waals surface area contributed by atoms with Gasteiger partial charge in [-0.05, 0) is 12.8 Å². The lowest BCUT2D eigenvalue weighted by Gasteiger charge is -2.15. The molecule has 0 aliphatic heterocycles.